The van der Waals surface area contributed by atoms with Crippen LogP contribution in [-0.4, -0.2) is 18.0 Å². The van der Waals surface area contributed by atoms with Gasteiger partial charge in [-0.15, -0.1) is 0 Å². The smallest absolute Gasteiger partial charge is 0.221 e. The molecule has 17 heavy (non-hydrogen) atoms. The van der Waals surface area contributed by atoms with Crippen molar-refractivity contribution in [1.29, 1.82) is 0 Å². The van der Waals surface area contributed by atoms with Crippen molar-refractivity contribution in [1.82, 2.24) is 5.32 Å². The van der Waals surface area contributed by atoms with E-state index in [0.717, 1.165) is 31.7 Å². The van der Waals surface area contributed by atoms with Gasteiger partial charge in [-0.25, -0.2) is 0 Å². The SMILES string of the molecule is NC1(CC(=O)NCCC2CCCCC2)CCC1. The maximum Gasteiger partial charge on any atom is 0.221 e. The monoisotopic (exact) mass is 238 g/mol. The molecule has 0 unspecified atom stereocenters. The molecule has 2 fully saturated rings. The Kier molecular flexibility index (Phi) is 4.43. The standard InChI is InChI=1S/C14H26N2O/c15-14(8-4-9-14)11-13(17)16-10-7-12-5-2-1-3-6-12/h12H,1-11,15H2,(H,16,17). The lowest BCUT2D eigenvalue weighted by atomic mass is 9.75. The lowest BCUT2D eigenvalue weighted by Gasteiger charge is -2.37. The molecule has 0 radical (unpaired) electrons. The van der Waals surface area contributed by atoms with Gasteiger partial charge in [-0.1, -0.05) is 32.1 Å². The van der Waals surface area contributed by atoms with Crippen LogP contribution in [0.15, 0.2) is 0 Å². The number of carbonyl (C=O) groups is 1. The first-order chi connectivity index (χ1) is 8.18. The molecule has 0 saturated heterocycles. The van der Waals surface area contributed by atoms with E-state index in [0.29, 0.717) is 6.42 Å². The van der Waals surface area contributed by atoms with Crippen LogP contribution in [0.2, 0.25) is 0 Å². The van der Waals surface area contributed by atoms with Crippen LogP contribution >= 0.6 is 0 Å². The molecular weight excluding hydrogens is 212 g/mol. The number of nitrogens with one attached hydrogen (secondary N) is 1. The highest BCUT2D eigenvalue weighted by molar-refractivity contribution is 5.77. The van der Waals surface area contributed by atoms with E-state index in [-0.39, 0.29) is 11.4 Å². The zero-order valence-electron chi connectivity index (χ0n) is 10.8. The fourth-order valence-electron chi connectivity index (χ4n) is 3.08. The van der Waals surface area contributed by atoms with Crippen molar-refractivity contribution in [3.8, 4) is 0 Å². The average molecular weight is 238 g/mol. The molecule has 2 aliphatic rings. The van der Waals surface area contributed by atoms with Crippen molar-refractivity contribution < 1.29 is 4.79 Å². The Morgan fingerprint density at radius 1 is 1.18 bits per heavy atom. The molecule has 98 valence electrons. The van der Waals surface area contributed by atoms with Crippen molar-refractivity contribution in [2.45, 2.75) is 69.7 Å². The van der Waals surface area contributed by atoms with E-state index in [2.05, 4.69) is 5.32 Å². The fourth-order valence-corrected chi connectivity index (χ4v) is 3.08. The van der Waals surface area contributed by atoms with Gasteiger partial charge in [0.25, 0.3) is 0 Å². The minimum Gasteiger partial charge on any atom is -0.356 e. The molecule has 0 aromatic heterocycles. The third kappa shape index (κ3) is 3.98. The highest BCUT2D eigenvalue weighted by Crippen LogP contribution is 2.32. The van der Waals surface area contributed by atoms with Crippen LogP contribution in [0, 0.1) is 5.92 Å². The minimum atomic E-state index is -0.172. The van der Waals surface area contributed by atoms with Gasteiger partial charge < -0.3 is 11.1 Å². The molecule has 0 atom stereocenters. The lowest BCUT2D eigenvalue weighted by Crippen LogP contribution is -2.50. The Morgan fingerprint density at radius 3 is 2.47 bits per heavy atom. The lowest BCUT2D eigenvalue weighted by molar-refractivity contribution is -0.123. The summed E-state index contributed by atoms with van der Waals surface area (Å²) in [5.74, 6) is 1.00. The van der Waals surface area contributed by atoms with Crippen molar-refractivity contribution in [3.63, 3.8) is 0 Å². The van der Waals surface area contributed by atoms with Gasteiger partial charge in [0.05, 0.1) is 0 Å². The summed E-state index contributed by atoms with van der Waals surface area (Å²) in [4.78, 5) is 11.7. The van der Waals surface area contributed by atoms with E-state index >= 15 is 0 Å². The van der Waals surface area contributed by atoms with Crippen LogP contribution in [0.3, 0.4) is 0 Å². The second-order valence-corrected chi connectivity index (χ2v) is 6.04. The Morgan fingerprint density at radius 2 is 1.88 bits per heavy atom. The normalized spacial score (nSPS) is 24.1. The second kappa shape index (κ2) is 5.85. The molecule has 2 saturated carbocycles. The van der Waals surface area contributed by atoms with Crippen molar-refractivity contribution in [2.24, 2.45) is 11.7 Å². The van der Waals surface area contributed by atoms with Crippen molar-refractivity contribution in [3.05, 3.63) is 0 Å². The van der Waals surface area contributed by atoms with Crippen LogP contribution in [0.25, 0.3) is 0 Å². The molecule has 3 heteroatoms. The van der Waals surface area contributed by atoms with Gasteiger partial charge in [0.15, 0.2) is 0 Å². The van der Waals surface area contributed by atoms with E-state index in [9.17, 15) is 4.79 Å². The van der Waals surface area contributed by atoms with E-state index in [1.807, 2.05) is 0 Å². The summed E-state index contributed by atoms with van der Waals surface area (Å²) in [6, 6.07) is 0. The predicted octanol–water partition coefficient (Wildman–Crippen LogP) is 2.34. The van der Waals surface area contributed by atoms with Gasteiger partial charge in [-0.3, -0.25) is 4.79 Å². The summed E-state index contributed by atoms with van der Waals surface area (Å²) in [6.45, 7) is 0.847. The van der Waals surface area contributed by atoms with E-state index in [4.69, 9.17) is 5.73 Å². The third-order valence-electron chi connectivity index (χ3n) is 4.46. The van der Waals surface area contributed by atoms with Crippen molar-refractivity contribution >= 4 is 5.91 Å². The maximum absolute atomic E-state index is 11.7. The number of amides is 1. The Bertz CT molecular complexity index is 255. The fraction of sp³-hybridized carbons (Fsp3) is 0.929. The number of rotatable bonds is 5. The highest BCUT2D eigenvalue weighted by atomic mass is 16.1. The summed E-state index contributed by atoms with van der Waals surface area (Å²) in [6.07, 6.45) is 11.8. The van der Waals surface area contributed by atoms with Gasteiger partial charge in [0, 0.05) is 18.5 Å². The van der Waals surface area contributed by atoms with E-state index in [1.165, 1.54) is 38.5 Å². The minimum absolute atomic E-state index is 0.156. The summed E-state index contributed by atoms with van der Waals surface area (Å²) < 4.78 is 0. The first-order valence-electron chi connectivity index (χ1n) is 7.24. The molecule has 3 N–H and O–H groups in total. The maximum atomic E-state index is 11.7. The Labute approximate surface area is 105 Å². The topological polar surface area (TPSA) is 55.1 Å². The summed E-state index contributed by atoms with van der Waals surface area (Å²) in [5, 5.41) is 3.04. The van der Waals surface area contributed by atoms with Gasteiger partial charge in [0.1, 0.15) is 0 Å². The third-order valence-corrected chi connectivity index (χ3v) is 4.46. The molecule has 0 spiro atoms. The molecule has 0 aromatic carbocycles. The zero-order chi connectivity index (χ0) is 12.1. The molecule has 0 aliphatic heterocycles. The van der Waals surface area contributed by atoms with Crippen LogP contribution in [-0.2, 0) is 4.79 Å². The van der Waals surface area contributed by atoms with Crippen LogP contribution in [0.1, 0.15) is 64.2 Å². The van der Waals surface area contributed by atoms with Crippen LogP contribution in [0.4, 0.5) is 0 Å². The van der Waals surface area contributed by atoms with Gasteiger partial charge in [-0.05, 0) is 31.6 Å². The van der Waals surface area contributed by atoms with Gasteiger partial charge >= 0.3 is 0 Å². The number of carbonyl (C=O) groups excluding carboxylic acids is 1. The number of hydrogen-bond donors (Lipinski definition) is 2. The molecule has 0 heterocycles. The summed E-state index contributed by atoms with van der Waals surface area (Å²) in [5.41, 5.74) is 5.89. The van der Waals surface area contributed by atoms with E-state index < -0.39 is 0 Å². The molecular formula is C14H26N2O. The number of hydrogen-bond acceptors (Lipinski definition) is 2. The van der Waals surface area contributed by atoms with E-state index in [1.54, 1.807) is 0 Å². The largest absolute Gasteiger partial charge is 0.356 e. The average Bonchev–Trinajstić information content (AvgIpc) is 2.28. The summed E-state index contributed by atoms with van der Waals surface area (Å²) >= 11 is 0. The predicted molar refractivity (Wildman–Crippen MR) is 69.6 cm³/mol. The van der Waals surface area contributed by atoms with Gasteiger partial charge in [-0.2, -0.15) is 0 Å². The Hall–Kier alpha value is -0.570. The number of nitrogens with two attached hydrogens (primary N) is 1. The first kappa shape index (κ1) is 12.9. The second-order valence-electron chi connectivity index (χ2n) is 6.04. The summed E-state index contributed by atoms with van der Waals surface area (Å²) in [7, 11) is 0. The van der Waals surface area contributed by atoms with Crippen LogP contribution in [0.5, 0.6) is 0 Å². The molecule has 0 aromatic rings. The first-order valence-corrected chi connectivity index (χ1v) is 7.24. The quantitative estimate of drug-likeness (QED) is 0.772. The molecule has 3 nitrogen and oxygen atoms in total. The molecule has 0 bridgehead atoms. The molecule has 2 rings (SSSR count). The van der Waals surface area contributed by atoms with Crippen molar-refractivity contribution in [2.75, 3.05) is 6.54 Å². The molecule has 2 aliphatic carbocycles. The highest BCUT2D eigenvalue weighted by Gasteiger charge is 2.34. The molecule has 1 amide bonds. The Balaban J connectivity index is 1.56. The van der Waals surface area contributed by atoms with Crippen LogP contribution < -0.4 is 11.1 Å². The van der Waals surface area contributed by atoms with Gasteiger partial charge in [0.2, 0.25) is 5.91 Å². The zero-order valence-corrected chi connectivity index (χ0v) is 10.8.